The molecule has 78 valence electrons. The minimum Gasteiger partial charge on any atom is -0.394 e. The molecule has 13 heavy (non-hydrogen) atoms. The molecule has 5 atom stereocenters. The van der Waals surface area contributed by atoms with Gasteiger partial charge in [-0.05, 0) is 0 Å². The minimum atomic E-state index is -1.24. The first-order valence-electron chi connectivity index (χ1n) is 3.95. The van der Waals surface area contributed by atoms with Gasteiger partial charge in [0.2, 0.25) is 0 Å². The van der Waals surface area contributed by atoms with Crippen LogP contribution in [0.25, 0.3) is 0 Å². The van der Waals surface area contributed by atoms with Crippen LogP contribution in [0, 0.1) is 0 Å². The van der Waals surface area contributed by atoms with Crippen molar-refractivity contribution < 1.29 is 29.9 Å². The monoisotopic (exact) mass is 194 g/mol. The largest absolute Gasteiger partial charge is 0.394 e. The van der Waals surface area contributed by atoms with Crippen LogP contribution in [0.3, 0.4) is 0 Å². The first-order valence-corrected chi connectivity index (χ1v) is 3.95. The average Bonchev–Trinajstić information content (AvgIpc) is 2.43. The summed E-state index contributed by atoms with van der Waals surface area (Å²) in [6.45, 7) is -0.537. The van der Waals surface area contributed by atoms with Gasteiger partial charge in [-0.15, -0.1) is 0 Å². The highest BCUT2D eigenvalue weighted by molar-refractivity contribution is 4.90. The normalized spacial score (nSPS) is 42.2. The molecule has 0 saturated carbocycles. The third-order valence-electron chi connectivity index (χ3n) is 2.06. The lowest BCUT2D eigenvalue weighted by Gasteiger charge is -2.18. The van der Waals surface area contributed by atoms with E-state index in [2.05, 4.69) is 0 Å². The smallest absolute Gasteiger partial charge is 0.186 e. The fourth-order valence-corrected chi connectivity index (χ4v) is 1.29. The van der Waals surface area contributed by atoms with Gasteiger partial charge in [-0.25, -0.2) is 0 Å². The maximum absolute atomic E-state index is 9.33. The van der Waals surface area contributed by atoms with Crippen LogP contribution in [-0.2, 0) is 9.47 Å². The van der Waals surface area contributed by atoms with E-state index in [0.717, 1.165) is 0 Å². The van der Waals surface area contributed by atoms with Crippen LogP contribution in [-0.4, -0.2) is 64.8 Å². The molecule has 0 aromatic carbocycles. The fraction of sp³-hybridized carbons (Fsp3) is 1.00. The molecule has 0 radical (unpaired) electrons. The van der Waals surface area contributed by atoms with E-state index >= 15 is 0 Å². The molecule has 1 heterocycles. The topological polar surface area (TPSA) is 99.4 Å². The first kappa shape index (κ1) is 10.8. The molecular formula is C7H14O6. The van der Waals surface area contributed by atoms with Crippen LogP contribution in [0.4, 0.5) is 0 Å². The zero-order valence-electron chi connectivity index (χ0n) is 7.20. The van der Waals surface area contributed by atoms with Crippen molar-refractivity contribution in [2.45, 2.75) is 30.7 Å². The number of aliphatic hydroxyl groups excluding tert-OH is 4. The quantitative estimate of drug-likeness (QED) is 0.394. The van der Waals surface area contributed by atoms with Gasteiger partial charge in [0.1, 0.15) is 24.4 Å². The Morgan fingerprint density at radius 3 is 2.38 bits per heavy atom. The molecule has 1 unspecified atom stereocenters. The highest BCUT2D eigenvalue weighted by Crippen LogP contribution is 2.23. The summed E-state index contributed by atoms with van der Waals surface area (Å²) in [5.41, 5.74) is 0. The average molecular weight is 194 g/mol. The molecule has 1 fully saturated rings. The summed E-state index contributed by atoms with van der Waals surface area (Å²) in [5.74, 6) is 0. The molecule has 0 aliphatic carbocycles. The minimum absolute atomic E-state index is 0.537. The number of methoxy groups -OCH3 is 1. The molecule has 0 aromatic rings. The fourth-order valence-electron chi connectivity index (χ4n) is 1.29. The summed E-state index contributed by atoms with van der Waals surface area (Å²) in [6.07, 6.45) is -5.63. The summed E-state index contributed by atoms with van der Waals surface area (Å²) in [5, 5.41) is 36.4. The lowest BCUT2D eigenvalue weighted by molar-refractivity contribution is -0.166. The Bertz CT molecular complexity index is 163. The zero-order chi connectivity index (χ0) is 10.0. The SMILES string of the molecule is CO[C@H]1O[C@@H]([C@H](O)CO)[C@H](O)C1O. The van der Waals surface area contributed by atoms with Crippen LogP contribution in [0.2, 0.25) is 0 Å². The first-order chi connectivity index (χ1) is 6.11. The molecule has 0 bridgehead atoms. The van der Waals surface area contributed by atoms with E-state index in [1.54, 1.807) is 0 Å². The predicted octanol–water partition coefficient (Wildman–Crippen LogP) is -2.57. The standard InChI is InChI=1S/C7H14O6/c1-12-7-5(11)4(10)6(13-7)3(9)2-8/h3-11H,2H2,1H3/t3-,4-,5?,6+,7+/m1/s1. The second kappa shape index (κ2) is 4.32. The lowest BCUT2D eigenvalue weighted by atomic mass is 10.1. The third-order valence-corrected chi connectivity index (χ3v) is 2.06. The Morgan fingerprint density at radius 2 is 2.00 bits per heavy atom. The second-order valence-corrected chi connectivity index (χ2v) is 2.94. The Labute approximate surface area is 75.3 Å². The van der Waals surface area contributed by atoms with Gasteiger partial charge in [-0.3, -0.25) is 0 Å². The number of ether oxygens (including phenoxy) is 2. The number of hydrogen-bond acceptors (Lipinski definition) is 6. The Balaban J connectivity index is 2.60. The van der Waals surface area contributed by atoms with E-state index in [1.807, 2.05) is 0 Å². The maximum atomic E-state index is 9.33. The number of hydrogen-bond donors (Lipinski definition) is 4. The van der Waals surface area contributed by atoms with E-state index in [-0.39, 0.29) is 0 Å². The van der Waals surface area contributed by atoms with Crippen molar-refractivity contribution >= 4 is 0 Å². The Hall–Kier alpha value is -0.240. The van der Waals surface area contributed by atoms with Gasteiger partial charge in [0.25, 0.3) is 0 Å². The van der Waals surface area contributed by atoms with Crippen LogP contribution in [0.15, 0.2) is 0 Å². The van der Waals surface area contributed by atoms with Crippen LogP contribution < -0.4 is 0 Å². The van der Waals surface area contributed by atoms with Gasteiger partial charge in [0.05, 0.1) is 6.61 Å². The molecule has 1 saturated heterocycles. The van der Waals surface area contributed by atoms with Crippen molar-refractivity contribution in [3.63, 3.8) is 0 Å². The summed E-state index contributed by atoms with van der Waals surface area (Å²) >= 11 is 0. The Kier molecular flexibility index (Phi) is 3.60. The van der Waals surface area contributed by atoms with Gasteiger partial charge < -0.3 is 29.9 Å². The van der Waals surface area contributed by atoms with Gasteiger partial charge in [0.15, 0.2) is 6.29 Å². The van der Waals surface area contributed by atoms with Crippen LogP contribution in [0.5, 0.6) is 0 Å². The van der Waals surface area contributed by atoms with Crippen molar-refractivity contribution in [1.82, 2.24) is 0 Å². The van der Waals surface area contributed by atoms with Gasteiger partial charge in [-0.1, -0.05) is 0 Å². The van der Waals surface area contributed by atoms with Gasteiger partial charge >= 0.3 is 0 Å². The van der Waals surface area contributed by atoms with Gasteiger partial charge in [0, 0.05) is 7.11 Å². The molecule has 1 aliphatic rings. The van der Waals surface area contributed by atoms with E-state index in [9.17, 15) is 10.2 Å². The number of aliphatic hydroxyl groups is 4. The molecule has 4 N–H and O–H groups in total. The lowest BCUT2D eigenvalue weighted by Crippen LogP contribution is -2.40. The van der Waals surface area contributed by atoms with Crippen LogP contribution >= 0.6 is 0 Å². The van der Waals surface area contributed by atoms with Gasteiger partial charge in [-0.2, -0.15) is 0 Å². The highest BCUT2D eigenvalue weighted by Gasteiger charge is 2.45. The molecule has 1 aliphatic heterocycles. The molecule has 1 rings (SSSR count). The summed E-state index contributed by atoms with van der Waals surface area (Å²) in [6, 6.07) is 0. The zero-order valence-corrected chi connectivity index (χ0v) is 7.20. The van der Waals surface area contributed by atoms with E-state index < -0.39 is 37.3 Å². The van der Waals surface area contributed by atoms with Crippen molar-refractivity contribution in [3.05, 3.63) is 0 Å². The van der Waals surface area contributed by atoms with E-state index in [4.69, 9.17) is 19.7 Å². The van der Waals surface area contributed by atoms with Crippen molar-refractivity contribution in [3.8, 4) is 0 Å². The summed E-state index contributed by atoms with van der Waals surface area (Å²) in [4.78, 5) is 0. The third kappa shape index (κ3) is 1.98. The predicted molar refractivity (Wildman–Crippen MR) is 40.8 cm³/mol. The van der Waals surface area contributed by atoms with Crippen LogP contribution in [0.1, 0.15) is 0 Å². The molecule has 6 nitrogen and oxygen atoms in total. The second-order valence-electron chi connectivity index (χ2n) is 2.94. The molecular weight excluding hydrogens is 180 g/mol. The van der Waals surface area contributed by atoms with Crippen molar-refractivity contribution in [2.75, 3.05) is 13.7 Å². The van der Waals surface area contributed by atoms with Crippen molar-refractivity contribution in [2.24, 2.45) is 0 Å². The molecule has 6 heteroatoms. The van der Waals surface area contributed by atoms with E-state index in [1.165, 1.54) is 7.11 Å². The Morgan fingerprint density at radius 1 is 1.38 bits per heavy atom. The number of rotatable bonds is 3. The molecule has 0 amide bonds. The summed E-state index contributed by atoms with van der Waals surface area (Å²) < 4.78 is 9.65. The summed E-state index contributed by atoms with van der Waals surface area (Å²) in [7, 11) is 1.31. The highest BCUT2D eigenvalue weighted by atomic mass is 16.7. The van der Waals surface area contributed by atoms with Crippen molar-refractivity contribution in [1.29, 1.82) is 0 Å². The maximum Gasteiger partial charge on any atom is 0.186 e. The molecule has 0 spiro atoms. The van der Waals surface area contributed by atoms with E-state index in [0.29, 0.717) is 0 Å². The molecule has 0 aromatic heterocycles.